The average molecular weight is 321 g/mol. The minimum absolute atomic E-state index is 0.0613. The largest absolute Gasteiger partial charge is 0.345 e. The Bertz CT molecular complexity index is 810. The van der Waals surface area contributed by atoms with E-state index >= 15 is 0 Å². The van der Waals surface area contributed by atoms with Crippen LogP contribution in [0.25, 0.3) is 11.4 Å². The molecule has 3 heterocycles. The molecule has 4 rings (SSSR count). The lowest BCUT2D eigenvalue weighted by Crippen LogP contribution is -2.39. The molecule has 122 valence electrons. The normalized spacial score (nSPS) is 17.8. The van der Waals surface area contributed by atoms with E-state index in [1.165, 1.54) is 0 Å². The summed E-state index contributed by atoms with van der Waals surface area (Å²) in [6.45, 7) is 1.50. The van der Waals surface area contributed by atoms with Gasteiger partial charge in [-0.05, 0) is 25.0 Å². The monoisotopic (exact) mass is 321 g/mol. The third-order valence-corrected chi connectivity index (χ3v) is 4.58. The van der Waals surface area contributed by atoms with Gasteiger partial charge >= 0.3 is 0 Å². The van der Waals surface area contributed by atoms with Crippen molar-refractivity contribution in [1.82, 2.24) is 25.1 Å². The Morgan fingerprint density at radius 1 is 1.21 bits per heavy atom. The Hall–Kier alpha value is -2.89. The number of amides is 1. The molecule has 2 N–H and O–H groups in total. The molecular formula is C18H19N5O. The summed E-state index contributed by atoms with van der Waals surface area (Å²) in [5, 5.41) is 7.07. The molecule has 1 amide bonds. The van der Waals surface area contributed by atoms with Crippen LogP contribution in [0.5, 0.6) is 0 Å². The highest BCUT2D eigenvalue weighted by molar-refractivity contribution is 6.00. The molecule has 0 radical (unpaired) electrons. The number of benzene rings is 1. The number of carbonyl (C=O) groups excluding carboxylic acids is 1. The molecule has 6 heteroatoms. The summed E-state index contributed by atoms with van der Waals surface area (Å²) in [4.78, 5) is 22.4. The molecular weight excluding hydrogens is 302 g/mol. The third-order valence-electron chi connectivity index (χ3n) is 4.58. The van der Waals surface area contributed by atoms with Crippen LogP contribution in [0, 0.1) is 0 Å². The number of aromatic nitrogens is 4. The number of piperidine rings is 1. The van der Waals surface area contributed by atoms with Crippen molar-refractivity contribution in [1.29, 1.82) is 0 Å². The molecule has 1 aromatic carbocycles. The van der Waals surface area contributed by atoms with Crippen molar-refractivity contribution in [3.8, 4) is 11.4 Å². The highest BCUT2D eigenvalue weighted by Crippen LogP contribution is 2.28. The number of nitrogens with one attached hydrogen (secondary N) is 2. The Morgan fingerprint density at radius 2 is 2.12 bits per heavy atom. The molecule has 3 aromatic rings. The molecule has 1 saturated heterocycles. The Morgan fingerprint density at radius 3 is 2.92 bits per heavy atom. The van der Waals surface area contributed by atoms with E-state index in [0.29, 0.717) is 18.0 Å². The van der Waals surface area contributed by atoms with Crippen LogP contribution in [0.15, 0.2) is 48.9 Å². The lowest BCUT2D eigenvalue weighted by molar-refractivity contribution is 0.0706. The number of H-pyrrole nitrogens is 2. The van der Waals surface area contributed by atoms with Crippen LogP contribution in [-0.2, 0) is 0 Å². The maximum absolute atomic E-state index is 13.1. The minimum atomic E-state index is 0.0613. The molecule has 0 bridgehead atoms. The number of nitrogens with zero attached hydrogens (tertiary/aromatic N) is 3. The van der Waals surface area contributed by atoms with Gasteiger partial charge in [0.25, 0.3) is 5.91 Å². The number of hydrogen-bond donors (Lipinski definition) is 2. The first-order valence-electron chi connectivity index (χ1n) is 8.20. The quantitative estimate of drug-likeness (QED) is 0.778. The van der Waals surface area contributed by atoms with E-state index in [-0.39, 0.29) is 5.91 Å². The fourth-order valence-electron chi connectivity index (χ4n) is 3.37. The number of likely N-dealkylation sites (tertiary alicyclic amines) is 1. The molecule has 1 unspecified atom stereocenters. The zero-order valence-corrected chi connectivity index (χ0v) is 13.3. The molecule has 1 fully saturated rings. The first kappa shape index (κ1) is 14.7. The molecule has 0 aliphatic carbocycles. The molecule has 0 spiro atoms. The van der Waals surface area contributed by atoms with E-state index in [9.17, 15) is 4.79 Å². The van der Waals surface area contributed by atoms with Gasteiger partial charge in [0.05, 0.1) is 5.56 Å². The highest BCUT2D eigenvalue weighted by atomic mass is 16.2. The topological polar surface area (TPSA) is 77.7 Å². The summed E-state index contributed by atoms with van der Waals surface area (Å²) in [6.07, 6.45) is 7.31. The van der Waals surface area contributed by atoms with Gasteiger partial charge in [0, 0.05) is 48.9 Å². The number of aromatic amines is 2. The predicted octanol–water partition coefficient (Wildman–Crippen LogP) is 2.82. The van der Waals surface area contributed by atoms with Crippen LogP contribution >= 0.6 is 0 Å². The fourth-order valence-corrected chi connectivity index (χ4v) is 3.37. The summed E-state index contributed by atoms with van der Waals surface area (Å²) in [6, 6.07) is 9.63. The van der Waals surface area contributed by atoms with Gasteiger partial charge in [0.2, 0.25) is 0 Å². The molecule has 1 atom stereocenters. The average Bonchev–Trinajstić information content (AvgIpc) is 3.35. The van der Waals surface area contributed by atoms with Gasteiger partial charge in [-0.2, -0.15) is 5.10 Å². The van der Waals surface area contributed by atoms with E-state index in [0.717, 1.165) is 36.5 Å². The minimum Gasteiger partial charge on any atom is -0.345 e. The van der Waals surface area contributed by atoms with Crippen molar-refractivity contribution in [2.45, 2.75) is 18.8 Å². The van der Waals surface area contributed by atoms with Crippen LogP contribution in [0.2, 0.25) is 0 Å². The maximum Gasteiger partial charge on any atom is 0.254 e. The van der Waals surface area contributed by atoms with E-state index in [1.807, 2.05) is 35.2 Å². The van der Waals surface area contributed by atoms with Crippen LogP contribution in [0.1, 0.15) is 34.8 Å². The summed E-state index contributed by atoms with van der Waals surface area (Å²) in [5.41, 5.74) is 2.64. The zero-order chi connectivity index (χ0) is 16.4. The Balaban J connectivity index is 1.60. The molecule has 6 nitrogen and oxygen atoms in total. The zero-order valence-electron chi connectivity index (χ0n) is 13.3. The van der Waals surface area contributed by atoms with Crippen LogP contribution < -0.4 is 0 Å². The summed E-state index contributed by atoms with van der Waals surface area (Å²) in [7, 11) is 0. The van der Waals surface area contributed by atoms with Gasteiger partial charge in [-0.15, -0.1) is 0 Å². The summed E-state index contributed by atoms with van der Waals surface area (Å²) in [5.74, 6) is 1.10. The lowest BCUT2D eigenvalue weighted by atomic mass is 9.94. The van der Waals surface area contributed by atoms with Crippen molar-refractivity contribution in [2.24, 2.45) is 0 Å². The number of carbonyl (C=O) groups is 1. The lowest BCUT2D eigenvalue weighted by Gasteiger charge is -2.32. The smallest absolute Gasteiger partial charge is 0.254 e. The molecule has 1 aliphatic heterocycles. The van der Waals surface area contributed by atoms with E-state index in [1.54, 1.807) is 18.6 Å². The van der Waals surface area contributed by atoms with Gasteiger partial charge < -0.3 is 9.88 Å². The van der Waals surface area contributed by atoms with Crippen LogP contribution in [0.4, 0.5) is 0 Å². The predicted molar refractivity (Wildman–Crippen MR) is 90.5 cm³/mol. The van der Waals surface area contributed by atoms with Crippen molar-refractivity contribution in [2.75, 3.05) is 13.1 Å². The second kappa shape index (κ2) is 6.31. The Labute approximate surface area is 139 Å². The number of imidazole rings is 1. The fraction of sp³-hybridized carbons (Fsp3) is 0.278. The number of hydrogen-bond acceptors (Lipinski definition) is 3. The molecule has 2 aromatic heterocycles. The first-order chi connectivity index (χ1) is 11.8. The van der Waals surface area contributed by atoms with Gasteiger partial charge in [-0.25, -0.2) is 4.98 Å². The van der Waals surface area contributed by atoms with Gasteiger partial charge in [0.15, 0.2) is 0 Å². The first-order valence-corrected chi connectivity index (χ1v) is 8.20. The molecule has 0 saturated carbocycles. The molecule has 1 aliphatic rings. The van der Waals surface area contributed by atoms with E-state index in [4.69, 9.17) is 0 Å². The van der Waals surface area contributed by atoms with E-state index in [2.05, 4.69) is 20.2 Å². The summed E-state index contributed by atoms with van der Waals surface area (Å²) >= 11 is 0. The van der Waals surface area contributed by atoms with Crippen molar-refractivity contribution >= 4 is 5.91 Å². The van der Waals surface area contributed by atoms with Crippen molar-refractivity contribution < 1.29 is 4.79 Å². The van der Waals surface area contributed by atoms with Crippen molar-refractivity contribution in [3.05, 3.63) is 60.2 Å². The highest BCUT2D eigenvalue weighted by Gasteiger charge is 2.27. The Kier molecular flexibility index (Phi) is 3.86. The summed E-state index contributed by atoms with van der Waals surface area (Å²) < 4.78 is 0. The standard InChI is InChI=1S/C18H19N5O/c24-18(15-6-2-1-5-14(15)17-19-9-10-20-17)23-11-3-4-13(12-23)16-7-8-21-22-16/h1-2,5-10,13H,3-4,11-12H2,(H,19,20)(H,21,22). The van der Waals surface area contributed by atoms with E-state index < -0.39 is 0 Å². The van der Waals surface area contributed by atoms with Gasteiger partial charge in [-0.1, -0.05) is 18.2 Å². The van der Waals surface area contributed by atoms with Crippen LogP contribution in [-0.4, -0.2) is 44.1 Å². The molecule has 24 heavy (non-hydrogen) atoms. The van der Waals surface area contributed by atoms with Gasteiger partial charge in [0.1, 0.15) is 5.82 Å². The van der Waals surface area contributed by atoms with Crippen LogP contribution in [0.3, 0.4) is 0 Å². The van der Waals surface area contributed by atoms with Gasteiger partial charge in [-0.3, -0.25) is 9.89 Å². The van der Waals surface area contributed by atoms with Crippen molar-refractivity contribution in [3.63, 3.8) is 0 Å². The third kappa shape index (κ3) is 2.71. The second-order valence-corrected chi connectivity index (χ2v) is 6.09. The number of rotatable bonds is 3. The maximum atomic E-state index is 13.1. The SMILES string of the molecule is O=C(c1ccccc1-c1ncc[nH]1)N1CCCC(c2ccn[nH]2)C1. The second-order valence-electron chi connectivity index (χ2n) is 6.09.